The SMILES string of the molecule is Cc1ccc2ncc(C(=O)N3CCN(C)CC3)nc2c1. The van der Waals surface area contributed by atoms with Gasteiger partial charge in [0.1, 0.15) is 5.69 Å². The lowest BCUT2D eigenvalue weighted by molar-refractivity contribution is 0.0658. The molecule has 0 radical (unpaired) electrons. The van der Waals surface area contributed by atoms with Crippen LogP contribution in [0.1, 0.15) is 16.1 Å². The topological polar surface area (TPSA) is 49.3 Å². The monoisotopic (exact) mass is 270 g/mol. The summed E-state index contributed by atoms with van der Waals surface area (Å²) < 4.78 is 0. The van der Waals surface area contributed by atoms with Gasteiger partial charge in [0.2, 0.25) is 0 Å². The summed E-state index contributed by atoms with van der Waals surface area (Å²) in [6, 6.07) is 5.89. The van der Waals surface area contributed by atoms with Crippen LogP contribution in [-0.2, 0) is 0 Å². The van der Waals surface area contributed by atoms with E-state index >= 15 is 0 Å². The first-order valence-corrected chi connectivity index (χ1v) is 6.85. The molecule has 1 aliphatic heterocycles. The first kappa shape index (κ1) is 13.0. The van der Waals surface area contributed by atoms with Gasteiger partial charge in [-0.1, -0.05) is 6.07 Å². The van der Waals surface area contributed by atoms with Crippen LogP contribution < -0.4 is 0 Å². The summed E-state index contributed by atoms with van der Waals surface area (Å²) in [5.41, 5.74) is 3.17. The van der Waals surface area contributed by atoms with E-state index in [4.69, 9.17) is 0 Å². The van der Waals surface area contributed by atoms with Gasteiger partial charge < -0.3 is 9.80 Å². The van der Waals surface area contributed by atoms with E-state index in [-0.39, 0.29) is 5.91 Å². The second kappa shape index (κ2) is 5.17. The van der Waals surface area contributed by atoms with Crippen LogP contribution in [0.2, 0.25) is 0 Å². The van der Waals surface area contributed by atoms with Crippen LogP contribution in [-0.4, -0.2) is 58.9 Å². The molecule has 5 nitrogen and oxygen atoms in total. The maximum Gasteiger partial charge on any atom is 0.274 e. The van der Waals surface area contributed by atoms with Gasteiger partial charge in [0.15, 0.2) is 0 Å². The van der Waals surface area contributed by atoms with E-state index in [1.165, 1.54) is 0 Å². The normalized spacial score (nSPS) is 16.6. The average molecular weight is 270 g/mol. The predicted octanol–water partition coefficient (Wildman–Crippen LogP) is 1.33. The van der Waals surface area contributed by atoms with E-state index < -0.39 is 0 Å². The lowest BCUT2D eigenvalue weighted by atomic mass is 10.2. The highest BCUT2D eigenvalue weighted by Gasteiger charge is 2.21. The van der Waals surface area contributed by atoms with Gasteiger partial charge in [-0.25, -0.2) is 4.98 Å². The summed E-state index contributed by atoms with van der Waals surface area (Å²) in [7, 11) is 2.07. The van der Waals surface area contributed by atoms with E-state index in [2.05, 4.69) is 21.9 Å². The van der Waals surface area contributed by atoms with Crippen molar-refractivity contribution < 1.29 is 4.79 Å². The smallest absolute Gasteiger partial charge is 0.274 e. The molecule has 20 heavy (non-hydrogen) atoms. The molecule has 3 rings (SSSR count). The number of benzene rings is 1. The van der Waals surface area contributed by atoms with Crippen LogP contribution in [0.25, 0.3) is 11.0 Å². The Balaban J connectivity index is 1.87. The standard InChI is InChI=1S/C15H18N4O/c1-11-3-4-12-13(9-11)17-14(10-16-12)15(20)19-7-5-18(2)6-8-19/h3-4,9-10H,5-8H2,1-2H3. The molecule has 1 aromatic carbocycles. The number of rotatable bonds is 1. The second-order valence-corrected chi connectivity index (χ2v) is 5.34. The molecule has 2 heterocycles. The maximum absolute atomic E-state index is 12.4. The zero-order chi connectivity index (χ0) is 14.1. The fourth-order valence-corrected chi connectivity index (χ4v) is 2.40. The minimum absolute atomic E-state index is 0.0194. The number of carbonyl (C=O) groups excluding carboxylic acids is 1. The van der Waals surface area contributed by atoms with Gasteiger partial charge in [0, 0.05) is 26.2 Å². The summed E-state index contributed by atoms with van der Waals surface area (Å²) in [4.78, 5) is 25.3. The summed E-state index contributed by atoms with van der Waals surface area (Å²) in [6.07, 6.45) is 1.58. The number of likely N-dealkylation sites (N-methyl/N-ethyl adjacent to an activating group) is 1. The van der Waals surface area contributed by atoms with E-state index in [1.54, 1.807) is 6.20 Å². The van der Waals surface area contributed by atoms with Crippen molar-refractivity contribution in [2.24, 2.45) is 0 Å². The van der Waals surface area contributed by atoms with Gasteiger partial charge in [0.05, 0.1) is 17.2 Å². The molecule has 1 aliphatic rings. The molecule has 0 bridgehead atoms. The van der Waals surface area contributed by atoms with Crippen molar-refractivity contribution in [1.29, 1.82) is 0 Å². The molecule has 104 valence electrons. The van der Waals surface area contributed by atoms with Crippen molar-refractivity contribution >= 4 is 16.9 Å². The van der Waals surface area contributed by atoms with E-state index in [1.807, 2.05) is 30.0 Å². The Morgan fingerprint density at radius 3 is 2.65 bits per heavy atom. The quantitative estimate of drug-likeness (QED) is 0.784. The number of fused-ring (bicyclic) bond motifs is 1. The van der Waals surface area contributed by atoms with Crippen molar-refractivity contribution in [3.05, 3.63) is 35.7 Å². The first-order valence-electron chi connectivity index (χ1n) is 6.85. The van der Waals surface area contributed by atoms with Crippen LogP contribution in [0.4, 0.5) is 0 Å². The molecular weight excluding hydrogens is 252 g/mol. The Labute approximate surface area is 118 Å². The minimum atomic E-state index is -0.0194. The Bertz CT molecular complexity index is 647. The average Bonchev–Trinajstić information content (AvgIpc) is 2.46. The van der Waals surface area contributed by atoms with E-state index in [0.717, 1.165) is 42.8 Å². The summed E-state index contributed by atoms with van der Waals surface area (Å²) >= 11 is 0. The number of aromatic nitrogens is 2. The Hall–Kier alpha value is -2.01. The van der Waals surface area contributed by atoms with Crippen molar-refractivity contribution in [3.63, 3.8) is 0 Å². The lowest BCUT2D eigenvalue weighted by Crippen LogP contribution is -2.47. The molecular formula is C15H18N4O. The molecule has 1 amide bonds. The number of nitrogens with zero attached hydrogens (tertiary/aromatic N) is 4. The highest BCUT2D eigenvalue weighted by Crippen LogP contribution is 2.13. The van der Waals surface area contributed by atoms with Crippen LogP contribution in [0.5, 0.6) is 0 Å². The van der Waals surface area contributed by atoms with Crippen LogP contribution in [0, 0.1) is 6.92 Å². The van der Waals surface area contributed by atoms with Crippen LogP contribution in [0.15, 0.2) is 24.4 Å². The Morgan fingerprint density at radius 1 is 1.15 bits per heavy atom. The highest BCUT2D eigenvalue weighted by atomic mass is 16.2. The van der Waals surface area contributed by atoms with Crippen molar-refractivity contribution in [2.45, 2.75) is 6.92 Å². The molecule has 0 saturated carbocycles. The third-order valence-electron chi connectivity index (χ3n) is 3.71. The molecule has 0 unspecified atom stereocenters. The highest BCUT2D eigenvalue weighted by molar-refractivity contribution is 5.93. The van der Waals surface area contributed by atoms with Gasteiger partial charge in [0.25, 0.3) is 5.91 Å². The van der Waals surface area contributed by atoms with E-state index in [9.17, 15) is 4.79 Å². The largest absolute Gasteiger partial charge is 0.335 e. The molecule has 0 spiro atoms. The number of amides is 1. The third-order valence-corrected chi connectivity index (χ3v) is 3.71. The van der Waals surface area contributed by atoms with Gasteiger partial charge in [-0.05, 0) is 31.7 Å². The van der Waals surface area contributed by atoms with Gasteiger partial charge in [-0.3, -0.25) is 9.78 Å². The molecule has 1 fully saturated rings. The summed E-state index contributed by atoms with van der Waals surface area (Å²) in [5.74, 6) is -0.0194. The minimum Gasteiger partial charge on any atom is -0.335 e. The fraction of sp³-hybridized carbons (Fsp3) is 0.400. The molecule has 5 heteroatoms. The van der Waals surface area contributed by atoms with Crippen molar-refractivity contribution in [3.8, 4) is 0 Å². The molecule has 2 aromatic rings. The van der Waals surface area contributed by atoms with Crippen molar-refractivity contribution in [1.82, 2.24) is 19.8 Å². The fourth-order valence-electron chi connectivity index (χ4n) is 2.40. The number of hydrogen-bond acceptors (Lipinski definition) is 4. The van der Waals surface area contributed by atoms with Gasteiger partial charge in [-0.2, -0.15) is 0 Å². The predicted molar refractivity (Wildman–Crippen MR) is 77.7 cm³/mol. The molecule has 0 atom stereocenters. The number of aryl methyl sites for hydroxylation is 1. The van der Waals surface area contributed by atoms with Crippen LogP contribution in [0.3, 0.4) is 0 Å². The summed E-state index contributed by atoms with van der Waals surface area (Å²) in [5, 5.41) is 0. The second-order valence-electron chi connectivity index (χ2n) is 5.34. The molecule has 1 saturated heterocycles. The molecule has 0 N–H and O–H groups in total. The van der Waals surface area contributed by atoms with Gasteiger partial charge in [-0.15, -0.1) is 0 Å². The Kier molecular flexibility index (Phi) is 3.36. The number of hydrogen-bond donors (Lipinski definition) is 0. The number of piperazine rings is 1. The number of carbonyl (C=O) groups is 1. The zero-order valence-electron chi connectivity index (χ0n) is 11.8. The first-order chi connectivity index (χ1) is 9.63. The molecule has 0 aliphatic carbocycles. The Morgan fingerprint density at radius 2 is 1.90 bits per heavy atom. The van der Waals surface area contributed by atoms with E-state index in [0.29, 0.717) is 5.69 Å². The van der Waals surface area contributed by atoms with Crippen molar-refractivity contribution in [2.75, 3.05) is 33.2 Å². The lowest BCUT2D eigenvalue weighted by Gasteiger charge is -2.32. The maximum atomic E-state index is 12.4. The van der Waals surface area contributed by atoms with Crippen LogP contribution >= 0.6 is 0 Å². The third kappa shape index (κ3) is 2.49. The molecule has 1 aromatic heterocycles. The zero-order valence-corrected chi connectivity index (χ0v) is 11.8. The summed E-state index contributed by atoms with van der Waals surface area (Å²) in [6.45, 7) is 5.33. The van der Waals surface area contributed by atoms with Gasteiger partial charge >= 0.3 is 0 Å².